The van der Waals surface area contributed by atoms with Crippen LogP contribution in [-0.4, -0.2) is 54.2 Å². The second-order valence-electron chi connectivity index (χ2n) is 6.24. The molecular formula is C17H20BrN3O4S. The number of likely N-dealkylation sites (tertiary alicyclic amines) is 1. The number of carbonyl (C=O) groups is 1. The van der Waals surface area contributed by atoms with E-state index < -0.39 is 15.1 Å². The highest BCUT2D eigenvalue weighted by molar-refractivity contribution is 9.10. The number of hydrogen-bond donors (Lipinski definition) is 0. The Morgan fingerprint density at radius 3 is 2.73 bits per heavy atom. The second-order valence-corrected chi connectivity index (χ2v) is 9.28. The van der Waals surface area contributed by atoms with Crippen LogP contribution in [0.1, 0.15) is 12.0 Å². The van der Waals surface area contributed by atoms with Crippen molar-refractivity contribution in [3.8, 4) is 5.75 Å². The van der Waals surface area contributed by atoms with Gasteiger partial charge in [-0.2, -0.15) is 0 Å². The first kappa shape index (κ1) is 18.9. The lowest BCUT2D eigenvalue weighted by Crippen LogP contribution is -2.57. The first-order valence-electron chi connectivity index (χ1n) is 8.14. The molecule has 7 nitrogen and oxygen atoms in total. The number of carbonyl (C=O) groups excluding carboxylic acids is 1. The Labute approximate surface area is 161 Å². The molecule has 1 aromatic heterocycles. The number of imidazole rings is 1. The van der Waals surface area contributed by atoms with Gasteiger partial charge in [-0.05, 0) is 30.2 Å². The van der Waals surface area contributed by atoms with Gasteiger partial charge in [0.05, 0.1) is 7.11 Å². The average molecular weight is 442 g/mol. The summed E-state index contributed by atoms with van der Waals surface area (Å²) in [6.07, 6.45) is 3.90. The van der Waals surface area contributed by atoms with Gasteiger partial charge in [0.1, 0.15) is 11.0 Å². The van der Waals surface area contributed by atoms with Crippen molar-refractivity contribution < 1.29 is 17.9 Å². The molecule has 0 aliphatic carbocycles. The van der Waals surface area contributed by atoms with Gasteiger partial charge in [0, 0.05) is 43.4 Å². The lowest BCUT2D eigenvalue weighted by molar-refractivity contribution is -0.134. The molecular weight excluding hydrogens is 422 g/mol. The number of sulfone groups is 1. The monoisotopic (exact) mass is 441 g/mol. The lowest BCUT2D eigenvalue weighted by Gasteiger charge is -2.38. The molecule has 0 N–H and O–H groups in total. The van der Waals surface area contributed by atoms with Crippen molar-refractivity contribution >= 4 is 31.7 Å². The highest BCUT2D eigenvalue weighted by Crippen LogP contribution is 2.26. The van der Waals surface area contributed by atoms with E-state index in [0.717, 1.165) is 15.8 Å². The van der Waals surface area contributed by atoms with E-state index in [-0.39, 0.29) is 24.2 Å². The number of hydrogen-bond acceptors (Lipinski definition) is 5. The van der Waals surface area contributed by atoms with Gasteiger partial charge in [0.2, 0.25) is 20.9 Å². The van der Waals surface area contributed by atoms with Crippen LogP contribution in [0, 0.1) is 0 Å². The SMILES string of the molecule is COc1ccc(Br)cc1CCC(=O)N1CC(S(=O)(=O)c2nccn2C)C1. The van der Waals surface area contributed by atoms with E-state index in [2.05, 4.69) is 20.9 Å². The Morgan fingerprint density at radius 1 is 1.38 bits per heavy atom. The minimum Gasteiger partial charge on any atom is -0.496 e. The van der Waals surface area contributed by atoms with Crippen LogP contribution < -0.4 is 4.74 Å². The van der Waals surface area contributed by atoms with Crippen molar-refractivity contribution in [1.82, 2.24) is 14.5 Å². The fraction of sp³-hybridized carbons (Fsp3) is 0.412. The van der Waals surface area contributed by atoms with E-state index in [9.17, 15) is 13.2 Å². The number of halogens is 1. The molecule has 3 rings (SSSR count). The fourth-order valence-electron chi connectivity index (χ4n) is 2.96. The number of aromatic nitrogens is 2. The zero-order valence-electron chi connectivity index (χ0n) is 14.6. The molecule has 2 aromatic rings. The summed E-state index contributed by atoms with van der Waals surface area (Å²) >= 11 is 3.42. The van der Waals surface area contributed by atoms with Crippen LogP contribution in [0.3, 0.4) is 0 Å². The molecule has 1 fully saturated rings. The molecule has 0 spiro atoms. The molecule has 1 aromatic carbocycles. The van der Waals surface area contributed by atoms with Crippen molar-refractivity contribution in [3.05, 3.63) is 40.6 Å². The molecule has 9 heteroatoms. The molecule has 2 heterocycles. The minimum absolute atomic E-state index is 0.0495. The van der Waals surface area contributed by atoms with Crippen molar-refractivity contribution in [2.75, 3.05) is 20.2 Å². The zero-order valence-corrected chi connectivity index (χ0v) is 17.0. The van der Waals surface area contributed by atoms with E-state index >= 15 is 0 Å². The third-order valence-electron chi connectivity index (χ3n) is 4.52. The summed E-state index contributed by atoms with van der Waals surface area (Å²) in [6, 6.07) is 5.66. The molecule has 0 atom stereocenters. The van der Waals surface area contributed by atoms with Crippen LogP contribution >= 0.6 is 15.9 Å². The van der Waals surface area contributed by atoms with Crippen LogP contribution in [0.25, 0.3) is 0 Å². The Kier molecular flexibility index (Phi) is 5.38. The Balaban J connectivity index is 1.57. The van der Waals surface area contributed by atoms with Crippen molar-refractivity contribution in [1.29, 1.82) is 0 Å². The quantitative estimate of drug-likeness (QED) is 0.682. The van der Waals surface area contributed by atoms with E-state index in [4.69, 9.17) is 4.74 Å². The van der Waals surface area contributed by atoms with Crippen LogP contribution in [0.5, 0.6) is 5.75 Å². The molecule has 140 valence electrons. The van der Waals surface area contributed by atoms with Crippen LogP contribution in [0.15, 0.2) is 40.2 Å². The average Bonchev–Trinajstić information content (AvgIpc) is 2.98. The predicted octanol–water partition coefficient (Wildman–Crippen LogP) is 1.81. The summed E-state index contributed by atoms with van der Waals surface area (Å²) in [5.41, 5.74) is 0.938. The van der Waals surface area contributed by atoms with Crippen LogP contribution in [-0.2, 0) is 28.1 Å². The van der Waals surface area contributed by atoms with E-state index in [1.807, 2.05) is 18.2 Å². The topological polar surface area (TPSA) is 81.5 Å². The normalized spacial score (nSPS) is 15.0. The zero-order chi connectivity index (χ0) is 18.9. The number of amides is 1. The maximum absolute atomic E-state index is 12.5. The van der Waals surface area contributed by atoms with Crippen LogP contribution in [0.2, 0.25) is 0 Å². The summed E-state index contributed by atoms with van der Waals surface area (Å²) in [4.78, 5) is 17.9. The lowest BCUT2D eigenvalue weighted by atomic mass is 10.1. The molecule has 0 radical (unpaired) electrons. The number of methoxy groups -OCH3 is 1. The molecule has 1 amide bonds. The van der Waals surface area contributed by atoms with E-state index in [1.165, 1.54) is 10.8 Å². The summed E-state index contributed by atoms with van der Waals surface area (Å²) in [5, 5.41) is -0.540. The third kappa shape index (κ3) is 3.64. The third-order valence-corrected chi connectivity index (χ3v) is 7.09. The molecule has 0 unspecified atom stereocenters. The van der Waals surface area contributed by atoms with Gasteiger partial charge in [-0.25, -0.2) is 13.4 Å². The second kappa shape index (κ2) is 7.40. The molecule has 0 saturated carbocycles. The Bertz CT molecular complexity index is 920. The van der Waals surface area contributed by atoms with Gasteiger partial charge < -0.3 is 14.2 Å². The number of benzene rings is 1. The number of ether oxygens (including phenoxy) is 1. The molecule has 1 saturated heterocycles. The summed E-state index contributed by atoms with van der Waals surface area (Å²) < 4.78 is 32.8. The molecule has 0 bridgehead atoms. The van der Waals surface area contributed by atoms with Crippen molar-refractivity contribution in [3.63, 3.8) is 0 Å². The highest BCUT2D eigenvalue weighted by Gasteiger charge is 2.42. The molecule has 1 aliphatic heterocycles. The smallest absolute Gasteiger partial charge is 0.227 e. The largest absolute Gasteiger partial charge is 0.496 e. The summed E-state index contributed by atoms with van der Waals surface area (Å²) in [6.45, 7) is 0.424. The summed E-state index contributed by atoms with van der Waals surface area (Å²) in [7, 11) is -0.268. The predicted molar refractivity (Wildman–Crippen MR) is 99.8 cm³/mol. The van der Waals surface area contributed by atoms with Gasteiger partial charge in [-0.3, -0.25) is 4.79 Å². The van der Waals surface area contributed by atoms with Crippen molar-refractivity contribution in [2.24, 2.45) is 7.05 Å². The first-order chi connectivity index (χ1) is 12.3. The minimum atomic E-state index is -3.51. The number of rotatable bonds is 6. The number of nitrogens with zero attached hydrogens (tertiary/aromatic N) is 3. The van der Waals surface area contributed by atoms with Gasteiger partial charge in [0.25, 0.3) is 0 Å². The fourth-order valence-corrected chi connectivity index (χ4v) is 5.08. The van der Waals surface area contributed by atoms with Gasteiger partial charge in [0.15, 0.2) is 0 Å². The maximum Gasteiger partial charge on any atom is 0.227 e. The Hall–Kier alpha value is -1.87. The maximum atomic E-state index is 12.5. The van der Waals surface area contributed by atoms with Gasteiger partial charge >= 0.3 is 0 Å². The highest BCUT2D eigenvalue weighted by atomic mass is 79.9. The summed E-state index contributed by atoms with van der Waals surface area (Å²) in [5.74, 6) is 0.679. The Morgan fingerprint density at radius 2 is 2.12 bits per heavy atom. The van der Waals surface area contributed by atoms with Gasteiger partial charge in [-0.1, -0.05) is 15.9 Å². The van der Waals surface area contributed by atoms with Crippen molar-refractivity contribution in [2.45, 2.75) is 23.2 Å². The van der Waals surface area contributed by atoms with Crippen LogP contribution in [0.4, 0.5) is 0 Å². The van der Waals surface area contributed by atoms with E-state index in [0.29, 0.717) is 12.8 Å². The standard InChI is InChI=1S/C17H20BrN3O4S/c1-20-8-7-19-17(20)26(23,24)14-10-21(11-14)16(22)6-3-12-9-13(18)4-5-15(12)25-2/h4-5,7-9,14H,3,6,10-11H2,1-2H3. The van der Waals surface area contributed by atoms with E-state index in [1.54, 1.807) is 25.3 Å². The first-order valence-corrected chi connectivity index (χ1v) is 10.5. The number of aryl methyl sites for hydroxylation is 2. The molecule has 26 heavy (non-hydrogen) atoms. The van der Waals surface area contributed by atoms with Gasteiger partial charge in [-0.15, -0.1) is 0 Å². The molecule has 1 aliphatic rings.